The van der Waals surface area contributed by atoms with Crippen molar-refractivity contribution < 1.29 is 9.53 Å². The van der Waals surface area contributed by atoms with Gasteiger partial charge in [0.25, 0.3) is 0 Å². The van der Waals surface area contributed by atoms with Gasteiger partial charge in [-0.15, -0.1) is 0 Å². The van der Waals surface area contributed by atoms with E-state index in [1.807, 2.05) is 54.6 Å². The molecule has 0 aliphatic heterocycles. The molecule has 0 aliphatic carbocycles. The lowest BCUT2D eigenvalue weighted by Crippen LogP contribution is -2.09. The van der Waals surface area contributed by atoms with Crippen molar-refractivity contribution in [1.29, 1.82) is 0 Å². The van der Waals surface area contributed by atoms with Crippen molar-refractivity contribution >= 4 is 11.4 Å². The zero-order valence-electron chi connectivity index (χ0n) is 12.3. The maximum atomic E-state index is 12.6. The molecule has 2 aromatic carbocycles. The van der Waals surface area contributed by atoms with Gasteiger partial charge in [-0.2, -0.15) is 0 Å². The Hall–Kier alpha value is -2.55. The maximum Gasteiger partial charge on any atom is 0.169 e. The molecule has 0 fully saturated rings. The fraction of sp³-hybridized carbons (Fsp3) is 0.167. The normalized spacial score (nSPS) is 11.0. The van der Waals surface area contributed by atoms with Crippen molar-refractivity contribution in [1.82, 2.24) is 5.32 Å². The van der Waals surface area contributed by atoms with Gasteiger partial charge in [-0.1, -0.05) is 42.5 Å². The van der Waals surface area contributed by atoms with E-state index in [9.17, 15) is 4.79 Å². The van der Waals surface area contributed by atoms with Crippen LogP contribution in [0, 0.1) is 0 Å². The lowest BCUT2D eigenvalue weighted by molar-refractivity contribution is -0.113. The van der Waals surface area contributed by atoms with E-state index in [1.54, 1.807) is 20.4 Å². The summed E-state index contributed by atoms with van der Waals surface area (Å²) in [6.45, 7) is 0. The highest BCUT2D eigenvalue weighted by atomic mass is 16.5. The fourth-order valence-corrected chi connectivity index (χ4v) is 2.14. The molecule has 2 rings (SSSR count). The lowest BCUT2D eigenvalue weighted by Gasteiger charge is -2.09. The number of ketones is 1. The number of hydrogen-bond donors (Lipinski definition) is 1. The Labute approximate surface area is 125 Å². The van der Waals surface area contributed by atoms with Crippen LogP contribution >= 0.6 is 0 Å². The molecule has 0 saturated carbocycles. The number of rotatable bonds is 6. The molecular formula is C18H19NO2. The zero-order valence-corrected chi connectivity index (χ0v) is 12.3. The van der Waals surface area contributed by atoms with E-state index >= 15 is 0 Å². The van der Waals surface area contributed by atoms with Crippen LogP contribution in [0.3, 0.4) is 0 Å². The van der Waals surface area contributed by atoms with Crippen molar-refractivity contribution in [3.63, 3.8) is 0 Å². The third-order valence-electron chi connectivity index (χ3n) is 3.18. The van der Waals surface area contributed by atoms with Gasteiger partial charge in [0.2, 0.25) is 0 Å². The highest BCUT2D eigenvalue weighted by molar-refractivity contribution is 6.21. The Balaban J connectivity index is 2.26. The summed E-state index contributed by atoms with van der Waals surface area (Å²) in [5.74, 6) is 0.811. The number of allylic oxidation sites excluding steroid dienone is 1. The van der Waals surface area contributed by atoms with E-state index in [0.29, 0.717) is 12.0 Å². The average molecular weight is 281 g/mol. The van der Waals surface area contributed by atoms with Crippen molar-refractivity contribution in [3.8, 4) is 5.75 Å². The van der Waals surface area contributed by atoms with E-state index in [1.165, 1.54) is 0 Å². The molecule has 2 aromatic rings. The number of carbonyl (C=O) groups is 1. The van der Waals surface area contributed by atoms with Crippen LogP contribution < -0.4 is 10.1 Å². The Kier molecular flexibility index (Phi) is 5.16. The lowest BCUT2D eigenvalue weighted by atomic mass is 9.97. The number of carbonyl (C=O) groups excluding carboxylic acids is 1. The summed E-state index contributed by atoms with van der Waals surface area (Å²) in [7, 11) is 3.41. The van der Waals surface area contributed by atoms with Gasteiger partial charge in [0.05, 0.1) is 7.11 Å². The van der Waals surface area contributed by atoms with Crippen molar-refractivity contribution in [2.45, 2.75) is 6.42 Å². The van der Waals surface area contributed by atoms with Gasteiger partial charge < -0.3 is 10.1 Å². The molecule has 0 heterocycles. The molecule has 0 spiro atoms. The van der Waals surface area contributed by atoms with Gasteiger partial charge in [-0.05, 0) is 23.3 Å². The largest absolute Gasteiger partial charge is 0.497 e. The molecule has 0 aliphatic rings. The van der Waals surface area contributed by atoms with Crippen LogP contribution in [0.4, 0.5) is 0 Å². The fourth-order valence-electron chi connectivity index (χ4n) is 2.14. The van der Waals surface area contributed by atoms with Gasteiger partial charge in [0.1, 0.15) is 5.75 Å². The first-order valence-electron chi connectivity index (χ1n) is 6.83. The smallest absolute Gasteiger partial charge is 0.169 e. The zero-order chi connectivity index (χ0) is 15.1. The minimum atomic E-state index is 0.0730. The second kappa shape index (κ2) is 7.29. The topological polar surface area (TPSA) is 38.3 Å². The van der Waals surface area contributed by atoms with Crippen LogP contribution in [0.15, 0.2) is 60.8 Å². The van der Waals surface area contributed by atoms with E-state index in [2.05, 4.69) is 5.32 Å². The van der Waals surface area contributed by atoms with Gasteiger partial charge in [0, 0.05) is 25.2 Å². The molecule has 3 nitrogen and oxygen atoms in total. The monoisotopic (exact) mass is 281 g/mol. The van der Waals surface area contributed by atoms with Crippen molar-refractivity contribution in [2.24, 2.45) is 0 Å². The van der Waals surface area contributed by atoms with E-state index < -0.39 is 0 Å². The molecule has 21 heavy (non-hydrogen) atoms. The highest BCUT2D eigenvalue weighted by Gasteiger charge is 2.13. The van der Waals surface area contributed by atoms with Crippen molar-refractivity contribution in [3.05, 3.63) is 71.9 Å². The highest BCUT2D eigenvalue weighted by Crippen LogP contribution is 2.21. The van der Waals surface area contributed by atoms with Crippen LogP contribution in [0.5, 0.6) is 5.75 Å². The van der Waals surface area contributed by atoms with Crippen LogP contribution in [-0.2, 0) is 11.2 Å². The van der Waals surface area contributed by atoms with E-state index in [4.69, 9.17) is 4.74 Å². The predicted octanol–water partition coefficient (Wildman–Crippen LogP) is 3.07. The first kappa shape index (κ1) is 14.9. The molecule has 0 unspecified atom stereocenters. The Bertz CT molecular complexity index is 633. The number of Topliss-reactive ketones (excluding diaryl/α,β-unsaturated/α-hetero) is 1. The van der Waals surface area contributed by atoms with Gasteiger partial charge in [-0.3, -0.25) is 4.79 Å². The Morgan fingerprint density at radius 3 is 2.57 bits per heavy atom. The van der Waals surface area contributed by atoms with Crippen LogP contribution in [0.2, 0.25) is 0 Å². The molecule has 0 bridgehead atoms. The quantitative estimate of drug-likeness (QED) is 0.827. The van der Waals surface area contributed by atoms with Crippen LogP contribution in [0.1, 0.15) is 11.1 Å². The summed E-state index contributed by atoms with van der Waals surface area (Å²) in [6, 6.07) is 17.3. The second-order valence-electron chi connectivity index (χ2n) is 4.66. The van der Waals surface area contributed by atoms with Gasteiger partial charge in [0.15, 0.2) is 5.78 Å². The summed E-state index contributed by atoms with van der Waals surface area (Å²) in [5, 5.41) is 2.95. The standard InChI is InChI=1S/C18H19NO2/c1-19-13-17(15-9-6-10-16(12-15)21-2)18(20)11-14-7-4-3-5-8-14/h3-10,12-13,19H,11H2,1-2H3. The number of nitrogens with one attached hydrogen (secondary N) is 1. The first-order valence-corrected chi connectivity index (χ1v) is 6.83. The molecule has 108 valence electrons. The summed E-state index contributed by atoms with van der Waals surface area (Å²) in [6.07, 6.45) is 2.12. The van der Waals surface area contributed by atoms with E-state index in [-0.39, 0.29) is 5.78 Å². The third-order valence-corrected chi connectivity index (χ3v) is 3.18. The number of methoxy groups -OCH3 is 1. The molecule has 0 radical (unpaired) electrons. The number of benzene rings is 2. The summed E-state index contributed by atoms with van der Waals surface area (Å²) < 4.78 is 5.22. The average Bonchev–Trinajstić information content (AvgIpc) is 2.53. The minimum Gasteiger partial charge on any atom is -0.497 e. The number of ether oxygens (including phenoxy) is 1. The molecule has 0 amide bonds. The summed E-state index contributed by atoms with van der Waals surface area (Å²) >= 11 is 0. The SMILES string of the molecule is CNC=C(C(=O)Cc1ccccc1)c1cccc(OC)c1. The molecule has 1 N–H and O–H groups in total. The van der Waals surface area contributed by atoms with Crippen LogP contribution in [0.25, 0.3) is 5.57 Å². The van der Waals surface area contributed by atoms with Crippen molar-refractivity contribution in [2.75, 3.05) is 14.2 Å². The Morgan fingerprint density at radius 2 is 1.90 bits per heavy atom. The van der Waals surface area contributed by atoms with Crippen LogP contribution in [-0.4, -0.2) is 19.9 Å². The minimum absolute atomic E-state index is 0.0730. The maximum absolute atomic E-state index is 12.6. The molecule has 3 heteroatoms. The van der Waals surface area contributed by atoms with Gasteiger partial charge in [-0.25, -0.2) is 0 Å². The Morgan fingerprint density at radius 1 is 1.14 bits per heavy atom. The summed E-state index contributed by atoms with van der Waals surface area (Å²) in [4.78, 5) is 12.6. The number of hydrogen-bond acceptors (Lipinski definition) is 3. The third kappa shape index (κ3) is 3.96. The predicted molar refractivity (Wildman–Crippen MR) is 85.2 cm³/mol. The van der Waals surface area contributed by atoms with Gasteiger partial charge >= 0.3 is 0 Å². The molecule has 0 atom stereocenters. The first-order chi connectivity index (χ1) is 10.2. The second-order valence-corrected chi connectivity index (χ2v) is 4.66. The molecule has 0 saturated heterocycles. The summed E-state index contributed by atoms with van der Waals surface area (Å²) in [5.41, 5.74) is 2.51. The molecular weight excluding hydrogens is 262 g/mol. The molecule has 0 aromatic heterocycles. The van der Waals surface area contributed by atoms with E-state index in [0.717, 1.165) is 16.9 Å².